The Morgan fingerprint density at radius 2 is 2.08 bits per heavy atom. The minimum absolute atomic E-state index is 0.0965. The molecule has 2 aromatic rings. The quantitative estimate of drug-likeness (QED) is 0.781. The molecule has 0 spiro atoms. The molecule has 26 heavy (non-hydrogen) atoms. The first-order chi connectivity index (χ1) is 12.4. The summed E-state index contributed by atoms with van der Waals surface area (Å²) in [6.07, 6.45) is 3.36. The number of hydrogen-bond donors (Lipinski definition) is 2. The smallest absolute Gasteiger partial charge is 0.321 e. The first-order valence-corrected chi connectivity index (χ1v) is 11.0. The maximum atomic E-state index is 13.1. The van der Waals surface area contributed by atoms with E-state index in [1.54, 1.807) is 17.5 Å². The van der Waals surface area contributed by atoms with Gasteiger partial charge in [-0.2, -0.15) is 0 Å². The van der Waals surface area contributed by atoms with Gasteiger partial charge in [0.25, 0.3) is 0 Å². The Labute approximate surface area is 155 Å². The van der Waals surface area contributed by atoms with Crippen molar-refractivity contribution in [3.8, 4) is 0 Å². The van der Waals surface area contributed by atoms with Gasteiger partial charge in [-0.15, -0.1) is 11.3 Å². The van der Waals surface area contributed by atoms with Crippen molar-refractivity contribution < 1.29 is 17.6 Å². The van der Waals surface area contributed by atoms with Gasteiger partial charge in [-0.05, 0) is 30.5 Å². The molecule has 0 aliphatic heterocycles. The lowest BCUT2D eigenvalue weighted by molar-refractivity contribution is 0.251. The molecular weight excluding hydrogens is 377 g/mol. The van der Waals surface area contributed by atoms with Crippen molar-refractivity contribution in [2.24, 2.45) is 0 Å². The van der Waals surface area contributed by atoms with E-state index in [1.165, 1.54) is 23.5 Å². The number of nitrogens with one attached hydrogen (secondary N) is 2. The van der Waals surface area contributed by atoms with Crippen molar-refractivity contribution in [1.82, 2.24) is 10.3 Å². The van der Waals surface area contributed by atoms with Gasteiger partial charge in [0.15, 0.2) is 15.0 Å². The second kappa shape index (κ2) is 8.13. The van der Waals surface area contributed by atoms with E-state index >= 15 is 0 Å². The Morgan fingerprint density at radius 3 is 2.81 bits per heavy atom. The fourth-order valence-electron chi connectivity index (χ4n) is 2.97. The highest BCUT2D eigenvalue weighted by atomic mass is 32.2. The van der Waals surface area contributed by atoms with Gasteiger partial charge in [0.05, 0.1) is 16.7 Å². The van der Waals surface area contributed by atoms with E-state index in [1.807, 2.05) is 0 Å². The number of rotatable bonds is 6. The van der Waals surface area contributed by atoms with Crippen LogP contribution in [-0.4, -0.2) is 24.7 Å². The van der Waals surface area contributed by atoms with Crippen LogP contribution in [0.3, 0.4) is 0 Å². The van der Waals surface area contributed by atoms with Crippen LogP contribution in [0.1, 0.15) is 36.9 Å². The largest absolute Gasteiger partial charge is 0.334 e. The minimum Gasteiger partial charge on any atom is -0.334 e. The molecule has 1 aliphatic carbocycles. The molecule has 1 aromatic heterocycles. The maximum absolute atomic E-state index is 13.1. The van der Waals surface area contributed by atoms with E-state index in [0.717, 1.165) is 25.7 Å². The Kier molecular flexibility index (Phi) is 5.87. The molecule has 0 bridgehead atoms. The monoisotopic (exact) mass is 397 g/mol. The zero-order valence-electron chi connectivity index (χ0n) is 14.1. The Hall–Kier alpha value is -2.00. The van der Waals surface area contributed by atoms with Crippen LogP contribution in [-0.2, 0) is 22.1 Å². The summed E-state index contributed by atoms with van der Waals surface area (Å²) in [5.41, 5.74) is 1.09. The zero-order chi connectivity index (χ0) is 18.6. The number of carbonyl (C=O) groups excluding carboxylic acids is 1. The third-order valence-electron chi connectivity index (χ3n) is 4.27. The van der Waals surface area contributed by atoms with Gasteiger partial charge in [-0.25, -0.2) is 22.6 Å². The number of aromatic nitrogens is 1. The van der Waals surface area contributed by atoms with Crippen LogP contribution in [0.2, 0.25) is 0 Å². The number of thiazole rings is 1. The molecule has 6 nitrogen and oxygen atoms in total. The van der Waals surface area contributed by atoms with Crippen LogP contribution >= 0.6 is 11.3 Å². The summed E-state index contributed by atoms with van der Waals surface area (Å²) in [6.45, 7) is 0.178. The number of benzene rings is 1. The molecule has 1 aliphatic rings. The van der Waals surface area contributed by atoms with Crippen molar-refractivity contribution in [3.63, 3.8) is 0 Å². The van der Waals surface area contributed by atoms with Crippen molar-refractivity contribution in [2.75, 3.05) is 5.32 Å². The van der Waals surface area contributed by atoms with E-state index in [9.17, 15) is 17.6 Å². The second-order valence-corrected chi connectivity index (χ2v) is 9.43. The number of nitrogens with zero attached hydrogens (tertiary/aromatic N) is 1. The molecule has 1 fully saturated rings. The van der Waals surface area contributed by atoms with E-state index in [0.29, 0.717) is 16.4 Å². The zero-order valence-corrected chi connectivity index (χ0v) is 15.7. The highest BCUT2D eigenvalue weighted by Crippen LogP contribution is 2.28. The average molecular weight is 397 g/mol. The fourth-order valence-corrected chi connectivity index (χ4v) is 5.63. The second-order valence-electron chi connectivity index (χ2n) is 6.30. The normalized spacial score (nSPS) is 15.1. The van der Waals surface area contributed by atoms with E-state index in [4.69, 9.17) is 0 Å². The van der Waals surface area contributed by atoms with Crippen molar-refractivity contribution in [3.05, 3.63) is 46.7 Å². The van der Waals surface area contributed by atoms with Gasteiger partial charge >= 0.3 is 6.03 Å². The number of amides is 2. The molecule has 1 heterocycles. The van der Waals surface area contributed by atoms with Gasteiger partial charge in [-0.3, -0.25) is 5.32 Å². The molecule has 140 valence electrons. The van der Waals surface area contributed by atoms with Gasteiger partial charge < -0.3 is 5.32 Å². The lowest BCUT2D eigenvalue weighted by atomic mass is 10.2. The van der Waals surface area contributed by atoms with Crippen molar-refractivity contribution in [1.29, 1.82) is 0 Å². The van der Waals surface area contributed by atoms with Crippen LogP contribution < -0.4 is 10.6 Å². The molecule has 9 heteroatoms. The van der Waals surface area contributed by atoms with Crippen LogP contribution in [0.15, 0.2) is 29.6 Å². The summed E-state index contributed by atoms with van der Waals surface area (Å²) < 4.78 is 37.8. The molecule has 1 saturated carbocycles. The predicted octanol–water partition coefficient (Wildman–Crippen LogP) is 3.46. The first kappa shape index (κ1) is 18.8. The number of anilines is 1. The van der Waals surface area contributed by atoms with E-state index < -0.39 is 15.9 Å². The molecule has 1 aromatic carbocycles. The number of hydrogen-bond acceptors (Lipinski definition) is 5. The molecule has 0 radical (unpaired) electrons. The summed E-state index contributed by atoms with van der Waals surface area (Å²) >= 11 is 1.18. The summed E-state index contributed by atoms with van der Waals surface area (Å²) in [6, 6.07) is 5.48. The predicted molar refractivity (Wildman–Crippen MR) is 99.3 cm³/mol. The van der Waals surface area contributed by atoms with Crippen LogP contribution in [0.4, 0.5) is 14.3 Å². The molecular formula is C17H20FN3O3S2. The van der Waals surface area contributed by atoms with Crippen molar-refractivity contribution in [2.45, 2.75) is 43.2 Å². The summed E-state index contributed by atoms with van der Waals surface area (Å²) in [7, 11) is -3.20. The third kappa shape index (κ3) is 5.01. The average Bonchev–Trinajstić information content (AvgIpc) is 3.25. The lowest BCUT2D eigenvalue weighted by Gasteiger charge is -2.09. The summed E-state index contributed by atoms with van der Waals surface area (Å²) in [5, 5.41) is 6.89. The molecule has 2 amide bonds. The van der Waals surface area contributed by atoms with Gasteiger partial charge in [-0.1, -0.05) is 25.0 Å². The number of urea groups is 1. The SMILES string of the molecule is O=C(NCc1cccc(F)c1)Nc1nc(CS(=O)(=O)C2CCCC2)cs1. The topological polar surface area (TPSA) is 88.2 Å². The molecule has 0 unspecified atom stereocenters. The summed E-state index contributed by atoms with van der Waals surface area (Å²) in [4.78, 5) is 16.1. The first-order valence-electron chi connectivity index (χ1n) is 8.38. The Balaban J connectivity index is 1.52. The third-order valence-corrected chi connectivity index (χ3v) is 7.27. The highest BCUT2D eigenvalue weighted by Gasteiger charge is 2.29. The van der Waals surface area contributed by atoms with Crippen LogP contribution in [0, 0.1) is 5.82 Å². The van der Waals surface area contributed by atoms with Gasteiger partial charge in [0, 0.05) is 11.9 Å². The van der Waals surface area contributed by atoms with Crippen LogP contribution in [0.5, 0.6) is 0 Å². The number of halogens is 1. The van der Waals surface area contributed by atoms with Gasteiger partial charge in [0.1, 0.15) is 5.82 Å². The Morgan fingerprint density at radius 1 is 1.31 bits per heavy atom. The number of carbonyl (C=O) groups is 1. The van der Waals surface area contributed by atoms with Crippen LogP contribution in [0.25, 0.3) is 0 Å². The molecule has 0 atom stereocenters. The highest BCUT2D eigenvalue weighted by molar-refractivity contribution is 7.91. The van der Waals surface area contributed by atoms with E-state index in [-0.39, 0.29) is 23.4 Å². The van der Waals surface area contributed by atoms with Gasteiger partial charge in [0.2, 0.25) is 0 Å². The summed E-state index contributed by atoms with van der Waals surface area (Å²) in [5.74, 6) is -0.460. The van der Waals surface area contributed by atoms with E-state index in [2.05, 4.69) is 15.6 Å². The minimum atomic E-state index is -3.20. The molecule has 2 N–H and O–H groups in total. The molecule has 0 saturated heterocycles. The molecule has 3 rings (SSSR count). The Bertz CT molecular complexity index is 877. The standard InChI is InChI=1S/C17H20FN3O3S2/c18-13-5-3-4-12(8-13)9-19-16(22)21-17-20-14(10-25-17)11-26(23,24)15-6-1-2-7-15/h3-5,8,10,15H,1-2,6-7,9,11H2,(H2,19,20,21,22). The lowest BCUT2D eigenvalue weighted by Crippen LogP contribution is -2.28. The maximum Gasteiger partial charge on any atom is 0.321 e. The van der Waals surface area contributed by atoms with Crippen molar-refractivity contribution >= 4 is 32.3 Å². The number of sulfone groups is 1. The fraction of sp³-hybridized carbons (Fsp3) is 0.412.